The van der Waals surface area contributed by atoms with Crippen molar-refractivity contribution in [2.75, 3.05) is 18.1 Å². The normalized spacial score (nSPS) is 22.8. The van der Waals surface area contributed by atoms with Gasteiger partial charge >= 0.3 is 0 Å². The van der Waals surface area contributed by atoms with Crippen LogP contribution in [0.2, 0.25) is 0 Å². The van der Waals surface area contributed by atoms with Crippen molar-refractivity contribution in [1.82, 2.24) is 9.88 Å². The van der Waals surface area contributed by atoms with E-state index in [2.05, 4.69) is 5.32 Å². The van der Waals surface area contributed by atoms with Crippen molar-refractivity contribution in [1.29, 1.82) is 0 Å². The first-order chi connectivity index (χ1) is 8.57. The van der Waals surface area contributed by atoms with Crippen LogP contribution < -0.4 is 10.9 Å². The van der Waals surface area contributed by atoms with Gasteiger partial charge in [0, 0.05) is 31.4 Å². The molecule has 1 atom stereocenters. The molecule has 1 N–H and O–H groups in total. The van der Waals surface area contributed by atoms with Crippen molar-refractivity contribution in [2.45, 2.75) is 25.4 Å². The van der Waals surface area contributed by atoms with Crippen LogP contribution in [-0.4, -0.2) is 37.1 Å². The SMILES string of the molecule is O=c1ccccn1CCNC1CCCS(=O)(=O)C1. The van der Waals surface area contributed by atoms with Crippen LogP contribution in [0.25, 0.3) is 0 Å². The van der Waals surface area contributed by atoms with Gasteiger partial charge in [0.1, 0.15) is 0 Å². The predicted molar refractivity (Wildman–Crippen MR) is 70.4 cm³/mol. The molecule has 1 aliphatic heterocycles. The van der Waals surface area contributed by atoms with Gasteiger partial charge < -0.3 is 9.88 Å². The summed E-state index contributed by atoms with van der Waals surface area (Å²) < 4.78 is 24.5. The van der Waals surface area contributed by atoms with E-state index in [0.29, 0.717) is 18.8 Å². The highest BCUT2D eigenvalue weighted by atomic mass is 32.2. The van der Waals surface area contributed by atoms with Gasteiger partial charge in [-0.1, -0.05) is 6.07 Å². The average molecular weight is 270 g/mol. The Balaban J connectivity index is 1.82. The molecule has 0 saturated carbocycles. The molecule has 0 amide bonds. The third-order valence-corrected chi connectivity index (χ3v) is 4.97. The zero-order chi connectivity index (χ0) is 13.0. The van der Waals surface area contributed by atoms with E-state index >= 15 is 0 Å². The molecule has 2 rings (SSSR count). The lowest BCUT2D eigenvalue weighted by molar-refractivity contribution is 0.463. The fraction of sp³-hybridized carbons (Fsp3) is 0.583. The summed E-state index contributed by atoms with van der Waals surface area (Å²) >= 11 is 0. The van der Waals surface area contributed by atoms with E-state index in [1.54, 1.807) is 16.8 Å². The second-order valence-electron chi connectivity index (χ2n) is 4.64. The zero-order valence-electron chi connectivity index (χ0n) is 10.2. The van der Waals surface area contributed by atoms with Gasteiger partial charge in [0.2, 0.25) is 0 Å². The van der Waals surface area contributed by atoms with E-state index in [1.165, 1.54) is 6.07 Å². The standard InChI is InChI=1S/C12H18N2O3S/c15-12-5-1-2-7-14(12)8-6-13-11-4-3-9-18(16,17)10-11/h1-2,5,7,11,13H,3-4,6,8-10H2. The van der Waals surface area contributed by atoms with E-state index in [1.807, 2.05) is 6.07 Å². The van der Waals surface area contributed by atoms with Gasteiger partial charge in [-0.2, -0.15) is 0 Å². The van der Waals surface area contributed by atoms with Crippen molar-refractivity contribution < 1.29 is 8.42 Å². The van der Waals surface area contributed by atoms with Crippen LogP contribution in [0.15, 0.2) is 29.2 Å². The van der Waals surface area contributed by atoms with Crippen LogP contribution in [-0.2, 0) is 16.4 Å². The van der Waals surface area contributed by atoms with Crippen LogP contribution in [0, 0.1) is 0 Å². The quantitative estimate of drug-likeness (QED) is 0.837. The number of nitrogens with zero attached hydrogens (tertiary/aromatic N) is 1. The van der Waals surface area contributed by atoms with Gasteiger partial charge in [0.25, 0.3) is 5.56 Å². The van der Waals surface area contributed by atoms with Gasteiger partial charge in [0.15, 0.2) is 9.84 Å². The maximum atomic E-state index is 11.5. The number of hydrogen-bond acceptors (Lipinski definition) is 4. The first-order valence-corrected chi connectivity index (χ1v) is 7.98. The minimum atomic E-state index is -2.87. The molecule has 1 aromatic heterocycles. The van der Waals surface area contributed by atoms with Gasteiger partial charge in [0.05, 0.1) is 11.5 Å². The molecule has 0 bridgehead atoms. The third-order valence-electron chi connectivity index (χ3n) is 3.15. The van der Waals surface area contributed by atoms with E-state index < -0.39 is 9.84 Å². The molecule has 1 saturated heterocycles. The molecule has 100 valence electrons. The average Bonchev–Trinajstić information content (AvgIpc) is 2.30. The topological polar surface area (TPSA) is 68.2 Å². The van der Waals surface area contributed by atoms with Gasteiger partial charge in [-0.05, 0) is 18.9 Å². The Labute approximate surface area is 107 Å². The summed E-state index contributed by atoms with van der Waals surface area (Å²) in [5.41, 5.74) is -0.0319. The third kappa shape index (κ3) is 3.68. The van der Waals surface area contributed by atoms with Crippen LogP contribution in [0.3, 0.4) is 0 Å². The van der Waals surface area contributed by atoms with E-state index in [-0.39, 0.29) is 17.4 Å². The van der Waals surface area contributed by atoms with Gasteiger partial charge in [-0.3, -0.25) is 4.79 Å². The second kappa shape index (κ2) is 5.67. The maximum absolute atomic E-state index is 11.5. The van der Waals surface area contributed by atoms with Crippen molar-refractivity contribution in [3.05, 3.63) is 34.7 Å². The fourth-order valence-corrected chi connectivity index (χ4v) is 3.89. The highest BCUT2D eigenvalue weighted by molar-refractivity contribution is 7.91. The molecule has 2 heterocycles. The molecule has 6 heteroatoms. The maximum Gasteiger partial charge on any atom is 0.250 e. The Morgan fingerprint density at radius 2 is 2.22 bits per heavy atom. The minimum absolute atomic E-state index is 0.0307. The van der Waals surface area contributed by atoms with Crippen LogP contribution in [0.1, 0.15) is 12.8 Å². The van der Waals surface area contributed by atoms with E-state index in [9.17, 15) is 13.2 Å². The molecule has 0 radical (unpaired) electrons. The van der Waals surface area contributed by atoms with Crippen LogP contribution in [0.4, 0.5) is 0 Å². The molecule has 0 aromatic carbocycles. The van der Waals surface area contributed by atoms with Crippen LogP contribution >= 0.6 is 0 Å². The molecule has 1 unspecified atom stereocenters. The number of hydrogen-bond donors (Lipinski definition) is 1. The van der Waals surface area contributed by atoms with Crippen molar-refractivity contribution in [3.63, 3.8) is 0 Å². The minimum Gasteiger partial charge on any atom is -0.314 e. The molecular weight excluding hydrogens is 252 g/mol. The lowest BCUT2D eigenvalue weighted by Gasteiger charge is -2.23. The summed E-state index contributed by atoms with van der Waals surface area (Å²) in [6.45, 7) is 1.18. The molecule has 1 aromatic rings. The number of sulfone groups is 1. The molecule has 5 nitrogen and oxygen atoms in total. The number of pyridine rings is 1. The van der Waals surface area contributed by atoms with Gasteiger partial charge in [-0.15, -0.1) is 0 Å². The Hall–Kier alpha value is -1.14. The summed E-state index contributed by atoms with van der Waals surface area (Å²) in [5, 5.41) is 3.21. The second-order valence-corrected chi connectivity index (χ2v) is 6.87. The van der Waals surface area contributed by atoms with Crippen molar-refractivity contribution in [2.24, 2.45) is 0 Å². The number of nitrogens with one attached hydrogen (secondary N) is 1. The lowest BCUT2D eigenvalue weighted by Crippen LogP contribution is -2.41. The molecule has 0 aliphatic carbocycles. The molecular formula is C12H18N2O3S. The summed E-state index contributed by atoms with van der Waals surface area (Å²) in [6, 6.07) is 5.07. The zero-order valence-corrected chi connectivity index (χ0v) is 11.0. The van der Waals surface area contributed by atoms with E-state index in [4.69, 9.17) is 0 Å². The van der Waals surface area contributed by atoms with E-state index in [0.717, 1.165) is 12.8 Å². The summed E-state index contributed by atoms with van der Waals surface area (Å²) in [4.78, 5) is 11.4. The number of rotatable bonds is 4. The first-order valence-electron chi connectivity index (χ1n) is 6.16. The summed E-state index contributed by atoms with van der Waals surface area (Å²) in [6.07, 6.45) is 3.36. The Morgan fingerprint density at radius 3 is 2.94 bits per heavy atom. The largest absolute Gasteiger partial charge is 0.314 e. The Bertz CT molecular complexity index is 550. The molecule has 18 heavy (non-hydrogen) atoms. The molecule has 1 fully saturated rings. The monoisotopic (exact) mass is 270 g/mol. The Kier molecular flexibility index (Phi) is 4.19. The molecule has 0 spiro atoms. The highest BCUT2D eigenvalue weighted by Crippen LogP contribution is 2.11. The highest BCUT2D eigenvalue weighted by Gasteiger charge is 2.23. The number of aromatic nitrogens is 1. The van der Waals surface area contributed by atoms with Crippen molar-refractivity contribution in [3.8, 4) is 0 Å². The smallest absolute Gasteiger partial charge is 0.250 e. The van der Waals surface area contributed by atoms with Crippen LogP contribution in [0.5, 0.6) is 0 Å². The predicted octanol–water partition coefficient (Wildman–Crippen LogP) is 0.0151. The summed E-state index contributed by atoms with van der Waals surface area (Å²) in [5.74, 6) is 0.528. The summed E-state index contributed by atoms with van der Waals surface area (Å²) in [7, 11) is -2.87. The van der Waals surface area contributed by atoms with Gasteiger partial charge in [-0.25, -0.2) is 8.42 Å². The fourth-order valence-electron chi connectivity index (χ4n) is 2.22. The Morgan fingerprint density at radius 1 is 1.39 bits per heavy atom. The first kappa shape index (κ1) is 13.3. The lowest BCUT2D eigenvalue weighted by atomic mass is 10.2. The van der Waals surface area contributed by atoms with Crippen molar-refractivity contribution >= 4 is 9.84 Å². The molecule has 1 aliphatic rings.